The maximum Gasteiger partial charge on any atom is 0.338 e. The second kappa shape index (κ2) is 6.58. The van der Waals surface area contributed by atoms with Crippen molar-refractivity contribution in [1.29, 1.82) is 0 Å². The van der Waals surface area contributed by atoms with E-state index in [0.717, 1.165) is 10.6 Å². The Kier molecular flexibility index (Phi) is 4.81. The molecular formula is C13H12N2O2S2. The minimum absolute atomic E-state index is 0.242. The van der Waals surface area contributed by atoms with Gasteiger partial charge in [-0.25, -0.2) is 14.8 Å². The molecule has 19 heavy (non-hydrogen) atoms. The highest BCUT2D eigenvalue weighted by Crippen LogP contribution is 2.25. The van der Waals surface area contributed by atoms with Crippen LogP contribution < -0.4 is 0 Å². The Morgan fingerprint density at radius 3 is 2.89 bits per heavy atom. The molecule has 0 fully saturated rings. The fraction of sp³-hybridized carbons (Fsp3) is 0.154. The van der Waals surface area contributed by atoms with Crippen molar-refractivity contribution in [2.45, 2.75) is 15.8 Å². The van der Waals surface area contributed by atoms with E-state index >= 15 is 0 Å². The van der Waals surface area contributed by atoms with Crippen molar-refractivity contribution >= 4 is 29.5 Å². The monoisotopic (exact) mass is 292 g/mol. The van der Waals surface area contributed by atoms with Crippen LogP contribution in [0.1, 0.15) is 15.9 Å². The van der Waals surface area contributed by atoms with Crippen molar-refractivity contribution in [3.63, 3.8) is 0 Å². The first-order valence-electron chi connectivity index (χ1n) is 5.50. The van der Waals surface area contributed by atoms with Crippen molar-refractivity contribution < 1.29 is 9.90 Å². The Labute approximate surface area is 119 Å². The zero-order chi connectivity index (χ0) is 13.7. The Balaban J connectivity index is 2.12. The standard InChI is InChI=1S/C13H12N2O2S2/c1-18-11-7-9(4-6-14-11)8-19-12-10(13(16)17)3-2-5-15-12/h2-7H,8H2,1H3,(H,16,17). The van der Waals surface area contributed by atoms with Gasteiger partial charge in [0.05, 0.1) is 10.6 Å². The molecule has 0 aliphatic rings. The van der Waals surface area contributed by atoms with E-state index in [-0.39, 0.29) is 5.56 Å². The van der Waals surface area contributed by atoms with Crippen LogP contribution in [0.4, 0.5) is 0 Å². The third-order valence-electron chi connectivity index (χ3n) is 2.39. The van der Waals surface area contributed by atoms with Gasteiger partial charge in [0.25, 0.3) is 0 Å². The Morgan fingerprint density at radius 2 is 2.16 bits per heavy atom. The zero-order valence-electron chi connectivity index (χ0n) is 10.2. The first-order chi connectivity index (χ1) is 9.20. The summed E-state index contributed by atoms with van der Waals surface area (Å²) < 4.78 is 0. The van der Waals surface area contributed by atoms with Gasteiger partial charge in [0.2, 0.25) is 0 Å². The van der Waals surface area contributed by atoms with Crippen molar-refractivity contribution in [2.75, 3.05) is 6.26 Å². The predicted molar refractivity (Wildman–Crippen MR) is 76.8 cm³/mol. The van der Waals surface area contributed by atoms with E-state index in [2.05, 4.69) is 9.97 Å². The molecule has 0 aromatic carbocycles. The molecule has 98 valence electrons. The van der Waals surface area contributed by atoms with Gasteiger partial charge in [-0.1, -0.05) is 0 Å². The quantitative estimate of drug-likeness (QED) is 0.854. The van der Waals surface area contributed by atoms with Crippen molar-refractivity contribution in [3.8, 4) is 0 Å². The van der Waals surface area contributed by atoms with Crippen LogP contribution >= 0.6 is 23.5 Å². The molecule has 2 heterocycles. The molecule has 0 radical (unpaired) electrons. The predicted octanol–water partition coefficient (Wildman–Crippen LogP) is 3.19. The highest BCUT2D eigenvalue weighted by atomic mass is 32.2. The average molecular weight is 292 g/mol. The third-order valence-corrected chi connectivity index (χ3v) is 4.10. The molecule has 2 rings (SSSR count). The largest absolute Gasteiger partial charge is 0.478 e. The number of rotatable bonds is 5. The van der Waals surface area contributed by atoms with Crippen LogP contribution in [-0.4, -0.2) is 27.3 Å². The molecule has 2 aromatic heterocycles. The summed E-state index contributed by atoms with van der Waals surface area (Å²) in [5.74, 6) is -0.275. The Hall–Kier alpha value is -1.53. The number of hydrogen-bond acceptors (Lipinski definition) is 5. The van der Waals surface area contributed by atoms with E-state index in [9.17, 15) is 4.79 Å². The first-order valence-corrected chi connectivity index (χ1v) is 7.72. The van der Waals surface area contributed by atoms with E-state index in [0.29, 0.717) is 10.8 Å². The summed E-state index contributed by atoms with van der Waals surface area (Å²) in [7, 11) is 0. The van der Waals surface area contributed by atoms with Crippen LogP contribution in [0.15, 0.2) is 46.7 Å². The molecule has 0 atom stereocenters. The lowest BCUT2D eigenvalue weighted by atomic mass is 10.3. The van der Waals surface area contributed by atoms with Gasteiger partial charge in [0, 0.05) is 18.1 Å². The minimum atomic E-state index is -0.949. The summed E-state index contributed by atoms with van der Waals surface area (Å²) in [4.78, 5) is 19.4. The van der Waals surface area contributed by atoms with E-state index in [1.807, 2.05) is 18.4 Å². The lowest BCUT2D eigenvalue weighted by Gasteiger charge is -2.05. The van der Waals surface area contributed by atoms with Crippen LogP contribution in [0.3, 0.4) is 0 Å². The molecule has 1 N–H and O–H groups in total. The van der Waals surface area contributed by atoms with Gasteiger partial charge in [-0.05, 0) is 36.1 Å². The molecule has 0 amide bonds. The average Bonchev–Trinajstić information content (AvgIpc) is 2.45. The second-order valence-corrected chi connectivity index (χ2v) is 5.45. The number of carbonyl (C=O) groups is 1. The first kappa shape index (κ1) is 13.9. The van der Waals surface area contributed by atoms with Crippen LogP contribution in [0.5, 0.6) is 0 Å². The highest BCUT2D eigenvalue weighted by Gasteiger charge is 2.11. The van der Waals surface area contributed by atoms with Crippen molar-refractivity contribution in [2.24, 2.45) is 0 Å². The number of pyridine rings is 2. The van der Waals surface area contributed by atoms with Crippen molar-refractivity contribution in [1.82, 2.24) is 9.97 Å². The summed E-state index contributed by atoms with van der Waals surface area (Å²) in [5, 5.41) is 10.6. The van der Waals surface area contributed by atoms with Crippen LogP contribution in [-0.2, 0) is 5.75 Å². The summed E-state index contributed by atoms with van der Waals surface area (Å²) in [6.07, 6.45) is 5.34. The van der Waals surface area contributed by atoms with Gasteiger partial charge in [-0.2, -0.15) is 0 Å². The van der Waals surface area contributed by atoms with Gasteiger partial charge in [0.15, 0.2) is 0 Å². The van der Waals surface area contributed by atoms with Crippen LogP contribution in [0, 0.1) is 0 Å². The summed E-state index contributed by atoms with van der Waals surface area (Å²) >= 11 is 3.00. The lowest BCUT2D eigenvalue weighted by Crippen LogP contribution is -2.00. The maximum atomic E-state index is 11.1. The fourth-order valence-corrected chi connectivity index (χ4v) is 2.84. The normalized spacial score (nSPS) is 10.4. The molecule has 6 heteroatoms. The number of hydrogen-bond donors (Lipinski definition) is 1. The van der Waals surface area contributed by atoms with Gasteiger partial charge in [-0.15, -0.1) is 23.5 Å². The van der Waals surface area contributed by atoms with E-state index < -0.39 is 5.97 Å². The number of aromatic nitrogens is 2. The summed E-state index contributed by atoms with van der Waals surface area (Å²) in [6.45, 7) is 0. The Morgan fingerprint density at radius 1 is 1.32 bits per heavy atom. The SMILES string of the molecule is CSc1cc(CSc2ncccc2C(=O)O)ccn1. The minimum Gasteiger partial charge on any atom is -0.478 e. The Bertz CT molecular complexity index is 590. The number of aromatic carboxylic acids is 1. The number of carboxylic acids is 1. The zero-order valence-corrected chi connectivity index (χ0v) is 11.9. The molecule has 4 nitrogen and oxygen atoms in total. The molecule has 0 saturated heterocycles. The second-order valence-electron chi connectivity index (χ2n) is 3.66. The molecule has 0 spiro atoms. The molecule has 0 saturated carbocycles. The number of nitrogens with zero attached hydrogens (tertiary/aromatic N) is 2. The van der Waals surface area contributed by atoms with E-state index in [1.54, 1.807) is 36.3 Å². The number of thioether (sulfide) groups is 2. The van der Waals surface area contributed by atoms with E-state index in [4.69, 9.17) is 5.11 Å². The van der Waals surface area contributed by atoms with Gasteiger partial charge in [-0.3, -0.25) is 0 Å². The van der Waals surface area contributed by atoms with Crippen molar-refractivity contribution in [3.05, 3.63) is 47.8 Å². The molecule has 0 aliphatic heterocycles. The highest BCUT2D eigenvalue weighted by molar-refractivity contribution is 7.98. The molecule has 0 unspecified atom stereocenters. The summed E-state index contributed by atoms with van der Waals surface area (Å²) in [5.41, 5.74) is 1.35. The third kappa shape index (κ3) is 3.71. The topological polar surface area (TPSA) is 63.1 Å². The smallest absolute Gasteiger partial charge is 0.338 e. The van der Waals surface area contributed by atoms with Gasteiger partial charge >= 0.3 is 5.97 Å². The maximum absolute atomic E-state index is 11.1. The van der Waals surface area contributed by atoms with Crippen LogP contribution in [0.2, 0.25) is 0 Å². The van der Waals surface area contributed by atoms with E-state index in [1.165, 1.54) is 11.8 Å². The number of carboxylic acid groups (broad SMARTS) is 1. The molecule has 0 bridgehead atoms. The molecular weight excluding hydrogens is 280 g/mol. The molecule has 2 aromatic rings. The van der Waals surface area contributed by atoms with Gasteiger partial charge < -0.3 is 5.11 Å². The van der Waals surface area contributed by atoms with Gasteiger partial charge in [0.1, 0.15) is 5.03 Å². The fourth-order valence-electron chi connectivity index (χ4n) is 1.47. The molecule has 0 aliphatic carbocycles. The summed E-state index contributed by atoms with van der Waals surface area (Å²) in [6, 6.07) is 7.13. The van der Waals surface area contributed by atoms with Crippen LogP contribution in [0.25, 0.3) is 0 Å². The lowest BCUT2D eigenvalue weighted by molar-refractivity contribution is 0.0692.